The van der Waals surface area contributed by atoms with Gasteiger partial charge in [0.15, 0.2) is 0 Å². The zero-order valence-corrected chi connectivity index (χ0v) is 12.1. The van der Waals surface area contributed by atoms with Crippen molar-refractivity contribution in [2.24, 2.45) is 0 Å². The first kappa shape index (κ1) is 13.2. The minimum absolute atomic E-state index is 0.124. The van der Waals surface area contributed by atoms with Crippen LogP contribution in [0, 0.1) is 0 Å². The van der Waals surface area contributed by atoms with Gasteiger partial charge in [-0.3, -0.25) is 9.78 Å². The van der Waals surface area contributed by atoms with Crippen LogP contribution in [-0.2, 0) is 9.53 Å². The molecule has 1 amide bonds. The van der Waals surface area contributed by atoms with Gasteiger partial charge >= 0.3 is 0 Å². The number of pyridine rings is 1. The van der Waals surface area contributed by atoms with Crippen molar-refractivity contribution in [3.63, 3.8) is 0 Å². The topological polar surface area (TPSA) is 54.5 Å². The van der Waals surface area contributed by atoms with E-state index >= 15 is 0 Å². The number of ether oxygens (including phenoxy) is 1. The molecular weight excluding hydrogens is 266 g/mol. The van der Waals surface area contributed by atoms with E-state index in [4.69, 9.17) is 4.74 Å². The van der Waals surface area contributed by atoms with Crippen LogP contribution in [0.3, 0.4) is 0 Å². The van der Waals surface area contributed by atoms with Crippen LogP contribution in [0.4, 0.5) is 0 Å². The molecule has 2 saturated heterocycles. The van der Waals surface area contributed by atoms with Crippen LogP contribution in [-0.4, -0.2) is 47.1 Å². The number of aromatic nitrogens is 1. The highest BCUT2D eigenvalue weighted by Gasteiger charge is 2.47. The molecule has 0 spiro atoms. The van der Waals surface area contributed by atoms with Crippen LogP contribution < -0.4 is 5.32 Å². The van der Waals surface area contributed by atoms with Crippen molar-refractivity contribution in [2.45, 2.75) is 49.9 Å². The molecule has 0 aromatic carbocycles. The predicted octanol–water partition coefficient (Wildman–Crippen LogP) is 1.26. The molecule has 0 radical (unpaired) electrons. The van der Waals surface area contributed by atoms with Crippen LogP contribution in [0.15, 0.2) is 24.5 Å². The van der Waals surface area contributed by atoms with Gasteiger partial charge in [-0.2, -0.15) is 0 Å². The van der Waals surface area contributed by atoms with Gasteiger partial charge < -0.3 is 15.0 Å². The van der Waals surface area contributed by atoms with Crippen molar-refractivity contribution >= 4 is 5.91 Å². The van der Waals surface area contributed by atoms with Crippen molar-refractivity contribution in [2.75, 3.05) is 13.2 Å². The first-order chi connectivity index (χ1) is 10.3. The number of hydrogen-bond acceptors (Lipinski definition) is 4. The Kier molecular flexibility index (Phi) is 3.39. The van der Waals surface area contributed by atoms with E-state index in [1.54, 1.807) is 6.20 Å². The van der Waals surface area contributed by atoms with Crippen LogP contribution in [0.2, 0.25) is 0 Å². The fourth-order valence-electron chi connectivity index (χ4n) is 3.60. The Bertz CT molecular complexity index is 512. The van der Waals surface area contributed by atoms with Gasteiger partial charge in [-0.15, -0.1) is 0 Å². The highest BCUT2D eigenvalue weighted by Crippen LogP contribution is 2.41. The van der Waals surface area contributed by atoms with E-state index in [0.717, 1.165) is 38.0 Å². The maximum Gasteiger partial charge on any atom is 0.225 e. The Balaban J connectivity index is 1.60. The van der Waals surface area contributed by atoms with Gasteiger partial charge in [0.2, 0.25) is 5.91 Å². The van der Waals surface area contributed by atoms with Gasteiger partial charge in [0.05, 0.1) is 12.6 Å². The van der Waals surface area contributed by atoms with E-state index in [2.05, 4.69) is 21.3 Å². The van der Waals surface area contributed by atoms with Crippen molar-refractivity contribution < 1.29 is 9.53 Å². The number of nitrogens with zero attached hydrogens (tertiary/aromatic N) is 2. The molecule has 1 N–H and O–H groups in total. The number of carbonyl (C=O) groups is 1. The van der Waals surface area contributed by atoms with Crippen LogP contribution >= 0.6 is 0 Å². The fourth-order valence-corrected chi connectivity index (χ4v) is 3.60. The lowest BCUT2D eigenvalue weighted by Crippen LogP contribution is -2.42. The molecule has 1 aromatic heterocycles. The standard InChI is InChI=1S/C16H21N3O2/c20-15-8-14(18-12-5-7-21-10-12)16(19(15)13-3-4-13)11-2-1-6-17-9-11/h1-2,6,9,12-14,16,18H,3-5,7-8,10H2/t12?,14-,16+/m1/s1. The fraction of sp³-hybridized carbons (Fsp3) is 0.625. The summed E-state index contributed by atoms with van der Waals surface area (Å²) in [5.41, 5.74) is 1.15. The third kappa shape index (κ3) is 2.56. The van der Waals surface area contributed by atoms with E-state index < -0.39 is 0 Å². The number of rotatable bonds is 4. The number of amides is 1. The zero-order valence-electron chi connectivity index (χ0n) is 12.1. The molecule has 1 aliphatic carbocycles. The molecule has 1 unspecified atom stereocenters. The molecule has 5 heteroatoms. The number of nitrogens with one attached hydrogen (secondary N) is 1. The Morgan fingerprint density at radius 2 is 2.24 bits per heavy atom. The molecule has 1 aromatic rings. The van der Waals surface area contributed by atoms with Gasteiger partial charge in [0, 0.05) is 43.5 Å². The maximum absolute atomic E-state index is 12.5. The van der Waals surface area contributed by atoms with Crippen LogP contribution in [0.1, 0.15) is 37.3 Å². The summed E-state index contributed by atoms with van der Waals surface area (Å²) in [6, 6.07) is 5.16. The van der Waals surface area contributed by atoms with Gasteiger partial charge in [0.1, 0.15) is 0 Å². The van der Waals surface area contributed by atoms with Gasteiger partial charge in [0.25, 0.3) is 0 Å². The van der Waals surface area contributed by atoms with Crippen LogP contribution in [0.25, 0.3) is 0 Å². The largest absolute Gasteiger partial charge is 0.380 e. The smallest absolute Gasteiger partial charge is 0.225 e. The Morgan fingerprint density at radius 1 is 1.33 bits per heavy atom. The minimum Gasteiger partial charge on any atom is -0.380 e. The van der Waals surface area contributed by atoms with E-state index in [-0.39, 0.29) is 18.0 Å². The summed E-state index contributed by atoms with van der Waals surface area (Å²) in [6.07, 6.45) is 7.59. The van der Waals surface area contributed by atoms with E-state index in [1.165, 1.54) is 0 Å². The summed E-state index contributed by atoms with van der Waals surface area (Å²) in [5.74, 6) is 0.280. The SMILES string of the molecule is O=C1C[C@@H](NC2CCOC2)[C@H](c2cccnc2)N1C1CC1. The molecule has 3 fully saturated rings. The second-order valence-corrected chi connectivity index (χ2v) is 6.30. The van der Waals surface area contributed by atoms with Gasteiger partial charge in [-0.05, 0) is 30.9 Å². The lowest BCUT2D eigenvalue weighted by molar-refractivity contribution is -0.129. The molecular formula is C16H21N3O2. The van der Waals surface area contributed by atoms with Crippen molar-refractivity contribution in [1.82, 2.24) is 15.2 Å². The third-order valence-corrected chi connectivity index (χ3v) is 4.71. The van der Waals surface area contributed by atoms with Crippen molar-refractivity contribution in [3.8, 4) is 0 Å². The van der Waals surface area contributed by atoms with E-state index in [9.17, 15) is 4.79 Å². The van der Waals surface area contributed by atoms with Crippen molar-refractivity contribution in [3.05, 3.63) is 30.1 Å². The lowest BCUT2D eigenvalue weighted by atomic mass is 10.0. The number of hydrogen-bond donors (Lipinski definition) is 1. The van der Waals surface area contributed by atoms with E-state index in [1.807, 2.05) is 12.3 Å². The summed E-state index contributed by atoms with van der Waals surface area (Å²) >= 11 is 0. The zero-order chi connectivity index (χ0) is 14.2. The summed E-state index contributed by atoms with van der Waals surface area (Å²) in [7, 11) is 0. The first-order valence-electron chi connectivity index (χ1n) is 7.88. The molecule has 4 rings (SSSR count). The highest BCUT2D eigenvalue weighted by molar-refractivity contribution is 5.81. The molecule has 112 valence electrons. The molecule has 2 aliphatic heterocycles. The quantitative estimate of drug-likeness (QED) is 0.906. The summed E-state index contributed by atoms with van der Waals surface area (Å²) in [4.78, 5) is 18.8. The molecule has 3 aliphatic rings. The molecule has 21 heavy (non-hydrogen) atoms. The average Bonchev–Trinajstić information content (AvgIpc) is 3.11. The second-order valence-electron chi connectivity index (χ2n) is 6.30. The second kappa shape index (κ2) is 5.39. The normalized spacial score (nSPS) is 32.9. The summed E-state index contributed by atoms with van der Waals surface area (Å²) in [5, 5.41) is 3.65. The van der Waals surface area contributed by atoms with Gasteiger partial charge in [-0.25, -0.2) is 0 Å². The molecule has 5 nitrogen and oxygen atoms in total. The molecule has 3 atom stereocenters. The first-order valence-corrected chi connectivity index (χ1v) is 7.88. The van der Waals surface area contributed by atoms with Gasteiger partial charge in [-0.1, -0.05) is 6.07 Å². The van der Waals surface area contributed by atoms with E-state index in [0.29, 0.717) is 18.5 Å². The lowest BCUT2D eigenvalue weighted by Gasteiger charge is -2.30. The monoisotopic (exact) mass is 287 g/mol. The number of carbonyl (C=O) groups excluding carboxylic acids is 1. The maximum atomic E-state index is 12.5. The minimum atomic E-state index is 0.124. The Labute approximate surface area is 124 Å². The number of likely N-dealkylation sites (tertiary alicyclic amines) is 1. The highest BCUT2D eigenvalue weighted by atomic mass is 16.5. The predicted molar refractivity (Wildman–Crippen MR) is 77.6 cm³/mol. The Hall–Kier alpha value is -1.46. The third-order valence-electron chi connectivity index (χ3n) is 4.71. The van der Waals surface area contributed by atoms with Crippen molar-refractivity contribution in [1.29, 1.82) is 0 Å². The Morgan fingerprint density at radius 3 is 2.90 bits per heavy atom. The van der Waals surface area contributed by atoms with Crippen LogP contribution in [0.5, 0.6) is 0 Å². The summed E-state index contributed by atoms with van der Waals surface area (Å²) < 4.78 is 5.45. The average molecular weight is 287 g/mol. The molecule has 3 heterocycles. The summed E-state index contributed by atoms with van der Waals surface area (Å²) in [6.45, 7) is 1.58. The molecule has 1 saturated carbocycles. The molecule has 0 bridgehead atoms.